The van der Waals surface area contributed by atoms with E-state index in [1.807, 2.05) is 72.1 Å². The molecule has 1 aliphatic rings. The summed E-state index contributed by atoms with van der Waals surface area (Å²) in [5.41, 5.74) is 2.68. The summed E-state index contributed by atoms with van der Waals surface area (Å²) in [6.45, 7) is 0.428. The van der Waals surface area contributed by atoms with Crippen LogP contribution in [0, 0.1) is 0 Å². The third-order valence-corrected chi connectivity index (χ3v) is 8.23. The van der Waals surface area contributed by atoms with Crippen molar-refractivity contribution in [2.75, 3.05) is 17.8 Å². The Morgan fingerprint density at radius 1 is 1.00 bits per heavy atom. The van der Waals surface area contributed by atoms with Crippen molar-refractivity contribution in [3.05, 3.63) is 107 Å². The van der Waals surface area contributed by atoms with E-state index in [1.54, 1.807) is 35.5 Å². The van der Waals surface area contributed by atoms with Gasteiger partial charge in [0.2, 0.25) is 0 Å². The number of thioether (sulfide) groups is 1. The van der Waals surface area contributed by atoms with Gasteiger partial charge in [-0.25, -0.2) is 9.78 Å². The zero-order valence-electron chi connectivity index (χ0n) is 20.7. The molecule has 10 heteroatoms. The van der Waals surface area contributed by atoms with Crippen LogP contribution in [0.5, 0.6) is 5.75 Å². The molecule has 0 bridgehead atoms. The maximum absolute atomic E-state index is 14.1. The van der Waals surface area contributed by atoms with Crippen LogP contribution in [-0.4, -0.2) is 45.8 Å². The highest BCUT2D eigenvalue weighted by Crippen LogP contribution is 2.42. The number of pyridine rings is 1. The number of hydrogen-bond acceptors (Lipinski definition) is 8. The van der Waals surface area contributed by atoms with Gasteiger partial charge in [0.15, 0.2) is 5.13 Å². The van der Waals surface area contributed by atoms with Gasteiger partial charge in [-0.05, 0) is 41.0 Å². The van der Waals surface area contributed by atoms with E-state index in [0.717, 1.165) is 22.4 Å². The van der Waals surface area contributed by atoms with Gasteiger partial charge in [0, 0.05) is 29.7 Å². The maximum Gasteiger partial charge on any atom is 0.412 e. The average molecular weight is 547 g/mol. The van der Waals surface area contributed by atoms with Gasteiger partial charge in [-0.15, -0.1) is 23.1 Å². The van der Waals surface area contributed by atoms with E-state index in [2.05, 4.69) is 9.97 Å². The van der Waals surface area contributed by atoms with Gasteiger partial charge in [-0.1, -0.05) is 42.5 Å². The Bertz CT molecular complexity index is 1340. The van der Waals surface area contributed by atoms with Crippen LogP contribution in [0.1, 0.15) is 22.1 Å². The average Bonchev–Trinajstić information content (AvgIpc) is 3.67. The van der Waals surface area contributed by atoms with Crippen molar-refractivity contribution >= 4 is 40.2 Å². The molecule has 38 heavy (non-hydrogen) atoms. The van der Waals surface area contributed by atoms with Crippen molar-refractivity contribution in [3.63, 3.8) is 0 Å². The predicted octanol–water partition coefficient (Wildman–Crippen LogP) is 5.53. The Kier molecular flexibility index (Phi) is 8.20. The number of rotatable bonds is 8. The molecule has 0 N–H and O–H groups in total. The molecule has 1 aliphatic heterocycles. The number of carbonyl (C=O) groups excluding carboxylic acids is 2. The number of aromatic nitrogens is 2. The minimum atomic E-state index is -0.733. The van der Waals surface area contributed by atoms with E-state index in [0.29, 0.717) is 17.4 Å². The molecule has 0 saturated carbocycles. The zero-order chi connectivity index (χ0) is 26.3. The van der Waals surface area contributed by atoms with E-state index in [1.165, 1.54) is 23.1 Å². The van der Waals surface area contributed by atoms with Gasteiger partial charge >= 0.3 is 6.09 Å². The third-order valence-electron chi connectivity index (χ3n) is 6.11. The monoisotopic (exact) mass is 546 g/mol. The van der Waals surface area contributed by atoms with Gasteiger partial charge in [-0.2, -0.15) is 0 Å². The summed E-state index contributed by atoms with van der Waals surface area (Å²) in [5.74, 6) is 0.952. The topological polar surface area (TPSA) is 84.9 Å². The van der Waals surface area contributed by atoms with Gasteiger partial charge < -0.3 is 9.47 Å². The first-order chi connectivity index (χ1) is 18.6. The number of thiazole rings is 1. The largest absolute Gasteiger partial charge is 0.497 e. The minimum absolute atomic E-state index is 0.118. The predicted molar refractivity (Wildman–Crippen MR) is 148 cm³/mol. The van der Waals surface area contributed by atoms with Crippen molar-refractivity contribution < 1.29 is 19.1 Å². The summed E-state index contributed by atoms with van der Waals surface area (Å²) in [6.07, 6.45) is 4.50. The Hall–Kier alpha value is -3.89. The lowest BCUT2D eigenvalue weighted by molar-refractivity contribution is -0.122. The van der Waals surface area contributed by atoms with Crippen LogP contribution in [-0.2, 0) is 22.7 Å². The highest BCUT2D eigenvalue weighted by atomic mass is 32.2. The van der Waals surface area contributed by atoms with Gasteiger partial charge in [-0.3, -0.25) is 19.6 Å². The smallest absolute Gasteiger partial charge is 0.412 e. The number of ether oxygens (including phenoxy) is 2. The first-order valence-electron chi connectivity index (χ1n) is 12.0. The molecule has 8 nitrogen and oxygen atoms in total. The fourth-order valence-corrected chi connectivity index (χ4v) is 6.24. The molecule has 5 rings (SSSR count). The first kappa shape index (κ1) is 25.7. The molecule has 0 radical (unpaired) electrons. The zero-order valence-corrected chi connectivity index (χ0v) is 22.3. The molecule has 1 fully saturated rings. The highest BCUT2D eigenvalue weighted by molar-refractivity contribution is 7.99. The fraction of sp³-hybridized carbons (Fsp3) is 0.214. The van der Waals surface area contributed by atoms with E-state index >= 15 is 0 Å². The molecule has 2 aromatic heterocycles. The molecule has 3 heterocycles. The Morgan fingerprint density at radius 2 is 1.76 bits per heavy atom. The Labute approximate surface area is 229 Å². The highest BCUT2D eigenvalue weighted by Gasteiger charge is 2.45. The number of benzene rings is 2. The first-order valence-corrected chi connectivity index (χ1v) is 13.9. The lowest BCUT2D eigenvalue weighted by atomic mass is 10.1. The lowest BCUT2D eigenvalue weighted by Gasteiger charge is -2.31. The second kappa shape index (κ2) is 12.1. The Morgan fingerprint density at radius 3 is 2.45 bits per heavy atom. The number of nitrogens with zero attached hydrogens (tertiary/aromatic N) is 4. The molecule has 2 unspecified atom stereocenters. The molecule has 2 aromatic carbocycles. The molecule has 1 saturated heterocycles. The summed E-state index contributed by atoms with van der Waals surface area (Å²) in [6, 6.07) is 20.0. The maximum atomic E-state index is 14.1. The fourth-order valence-electron chi connectivity index (χ4n) is 4.18. The van der Waals surface area contributed by atoms with Crippen molar-refractivity contribution in [3.8, 4) is 5.75 Å². The van der Waals surface area contributed by atoms with Crippen LogP contribution in [0.25, 0.3) is 0 Å². The van der Waals surface area contributed by atoms with Gasteiger partial charge in [0.05, 0.1) is 13.7 Å². The number of amides is 2. The van der Waals surface area contributed by atoms with Gasteiger partial charge in [0.1, 0.15) is 23.8 Å². The van der Waals surface area contributed by atoms with Crippen LogP contribution in [0.15, 0.2) is 90.7 Å². The van der Waals surface area contributed by atoms with Crippen LogP contribution in [0.3, 0.4) is 0 Å². The molecule has 2 amide bonds. The minimum Gasteiger partial charge on any atom is -0.497 e. The van der Waals surface area contributed by atoms with Crippen LogP contribution in [0.4, 0.5) is 9.93 Å². The van der Waals surface area contributed by atoms with Gasteiger partial charge in [0.25, 0.3) is 5.91 Å². The molecule has 4 aromatic rings. The summed E-state index contributed by atoms with van der Waals surface area (Å²) < 4.78 is 11.0. The molecular weight excluding hydrogens is 520 g/mol. The number of methoxy groups -OCH3 is 1. The quantitative estimate of drug-likeness (QED) is 0.287. The van der Waals surface area contributed by atoms with E-state index in [9.17, 15) is 9.59 Å². The molecule has 194 valence electrons. The summed E-state index contributed by atoms with van der Waals surface area (Å²) in [5, 5.41) is 2.02. The Balaban J connectivity index is 1.42. The normalized spacial score (nSPS) is 16.7. The third kappa shape index (κ3) is 5.81. The molecule has 0 aliphatic carbocycles. The van der Waals surface area contributed by atoms with E-state index < -0.39 is 12.1 Å². The number of anilines is 1. The summed E-state index contributed by atoms with van der Waals surface area (Å²) in [7, 11) is 1.61. The standard InChI is InChI=1S/C28H26N4O4S2/c1-35-23-9-7-20(8-10-23)17-31(27-30-15-16-37-27)25(33)24-19-38-26(22-11-13-29-14-12-22)32(24)28(34)36-18-21-5-3-2-4-6-21/h2-16,24,26H,17-19H2,1H3. The summed E-state index contributed by atoms with van der Waals surface area (Å²) in [4.78, 5) is 39.4. The van der Waals surface area contributed by atoms with Crippen molar-refractivity contribution in [1.29, 1.82) is 0 Å². The van der Waals surface area contributed by atoms with Crippen LogP contribution in [0.2, 0.25) is 0 Å². The second-order valence-corrected chi connectivity index (χ2v) is 10.5. The van der Waals surface area contributed by atoms with Crippen molar-refractivity contribution in [1.82, 2.24) is 14.9 Å². The molecule has 0 spiro atoms. The summed E-state index contributed by atoms with van der Waals surface area (Å²) >= 11 is 2.91. The van der Waals surface area contributed by atoms with Crippen molar-refractivity contribution in [2.45, 2.75) is 24.6 Å². The van der Waals surface area contributed by atoms with E-state index in [4.69, 9.17) is 9.47 Å². The van der Waals surface area contributed by atoms with Crippen molar-refractivity contribution in [2.24, 2.45) is 0 Å². The molecule has 2 atom stereocenters. The number of hydrogen-bond donors (Lipinski definition) is 0. The SMILES string of the molecule is COc1ccc(CN(C(=O)C2CSC(c3ccncc3)N2C(=O)OCc2ccccc2)c2nccs2)cc1. The number of carbonyl (C=O) groups is 2. The lowest BCUT2D eigenvalue weighted by Crippen LogP contribution is -2.49. The molecular formula is C28H26N4O4S2. The van der Waals surface area contributed by atoms with Crippen LogP contribution >= 0.6 is 23.1 Å². The van der Waals surface area contributed by atoms with Crippen LogP contribution < -0.4 is 9.64 Å². The second-order valence-electron chi connectivity index (χ2n) is 8.52. The van der Waals surface area contributed by atoms with E-state index in [-0.39, 0.29) is 17.9 Å².